The van der Waals surface area contributed by atoms with E-state index in [9.17, 15) is 4.79 Å². The van der Waals surface area contributed by atoms with Gasteiger partial charge in [-0.1, -0.05) is 40.8 Å². The van der Waals surface area contributed by atoms with E-state index < -0.39 is 0 Å². The Morgan fingerprint density at radius 2 is 1.78 bits per heavy atom. The summed E-state index contributed by atoms with van der Waals surface area (Å²) in [6.45, 7) is 0. The van der Waals surface area contributed by atoms with Crippen molar-refractivity contribution in [1.82, 2.24) is 0 Å². The number of benzene rings is 2. The van der Waals surface area contributed by atoms with Crippen molar-refractivity contribution in [1.29, 1.82) is 0 Å². The van der Waals surface area contributed by atoms with Crippen LogP contribution in [0.1, 0.15) is 10.4 Å². The van der Waals surface area contributed by atoms with Crippen molar-refractivity contribution >= 4 is 48.1 Å². The number of rotatable bonds is 2. The van der Waals surface area contributed by atoms with Gasteiger partial charge in [-0.25, -0.2) is 0 Å². The van der Waals surface area contributed by atoms with Crippen molar-refractivity contribution in [3.63, 3.8) is 0 Å². The number of anilines is 1. The van der Waals surface area contributed by atoms with Crippen LogP contribution in [-0.2, 0) is 0 Å². The lowest BCUT2D eigenvalue weighted by Crippen LogP contribution is -2.18. The molecule has 2 rings (SSSR count). The summed E-state index contributed by atoms with van der Waals surface area (Å²) in [5.41, 5.74) is 1.39. The summed E-state index contributed by atoms with van der Waals surface area (Å²) >= 11 is 11.7. The standard InChI is InChI=1S/C13H8BCl2NO/c14-11-5-4-10(16)7-12(11)17-13(18)8-2-1-3-9(15)6-8/h1-7H,(H,17,18). The molecule has 0 atom stereocenters. The second kappa shape index (κ2) is 5.47. The Morgan fingerprint density at radius 1 is 1.06 bits per heavy atom. The van der Waals surface area contributed by atoms with Crippen LogP contribution in [-0.4, -0.2) is 13.8 Å². The summed E-state index contributed by atoms with van der Waals surface area (Å²) in [5.74, 6) is -0.286. The molecule has 2 nitrogen and oxygen atoms in total. The van der Waals surface area contributed by atoms with E-state index in [1.165, 1.54) is 0 Å². The number of halogens is 2. The van der Waals surface area contributed by atoms with Crippen molar-refractivity contribution in [2.24, 2.45) is 0 Å². The molecule has 0 aromatic heterocycles. The highest BCUT2D eigenvalue weighted by atomic mass is 35.5. The van der Waals surface area contributed by atoms with Gasteiger partial charge in [-0.15, -0.1) is 0 Å². The second-order valence-electron chi connectivity index (χ2n) is 3.70. The minimum atomic E-state index is -0.286. The minimum Gasteiger partial charge on any atom is -0.322 e. The van der Waals surface area contributed by atoms with E-state index in [1.807, 2.05) is 0 Å². The van der Waals surface area contributed by atoms with E-state index in [2.05, 4.69) is 5.32 Å². The van der Waals surface area contributed by atoms with Crippen molar-refractivity contribution in [2.45, 2.75) is 0 Å². The molecule has 0 spiro atoms. The summed E-state index contributed by atoms with van der Waals surface area (Å²) in [7, 11) is 5.75. The summed E-state index contributed by atoms with van der Waals surface area (Å²) < 4.78 is 0. The molecule has 18 heavy (non-hydrogen) atoms. The fourth-order valence-electron chi connectivity index (χ4n) is 1.46. The molecule has 0 aliphatic heterocycles. The number of carbonyl (C=O) groups excluding carboxylic acids is 1. The van der Waals surface area contributed by atoms with Crippen LogP contribution in [0.4, 0.5) is 5.69 Å². The van der Waals surface area contributed by atoms with Crippen molar-refractivity contribution in [3.05, 3.63) is 58.1 Å². The first kappa shape index (κ1) is 13.0. The van der Waals surface area contributed by atoms with Gasteiger partial charge in [0.1, 0.15) is 7.85 Å². The average Bonchev–Trinajstić information content (AvgIpc) is 2.34. The van der Waals surface area contributed by atoms with Gasteiger partial charge in [-0.05, 0) is 30.3 Å². The topological polar surface area (TPSA) is 29.1 Å². The zero-order chi connectivity index (χ0) is 13.1. The van der Waals surface area contributed by atoms with E-state index in [0.29, 0.717) is 26.8 Å². The zero-order valence-electron chi connectivity index (χ0n) is 9.28. The Kier molecular flexibility index (Phi) is 3.95. The molecule has 2 aromatic carbocycles. The zero-order valence-corrected chi connectivity index (χ0v) is 10.8. The third kappa shape index (κ3) is 3.06. The SMILES string of the molecule is [B]c1ccc(Cl)cc1NC(=O)c1cccc(Cl)c1. The number of hydrogen-bond acceptors (Lipinski definition) is 1. The Hall–Kier alpha value is -1.45. The molecule has 0 fully saturated rings. The number of nitrogens with one attached hydrogen (secondary N) is 1. The largest absolute Gasteiger partial charge is 0.322 e. The molecule has 1 amide bonds. The minimum absolute atomic E-state index is 0.286. The molecule has 5 heteroatoms. The smallest absolute Gasteiger partial charge is 0.255 e. The molecule has 0 aliphatic carbocycles. The van der Waals surface area contributed by atoms with Gasteiger partial charge in [-0.3, -0.25) is 4.79 Å². The van der Waals surface area contributed by atoms with Gasteiger partial charge >= 0.3 is 0 Å². The van der Waals surface area contributed by atoms with E-state index >= 15 is 0 Å². The molecular formula is C13H8BCl2NO. The predicted molar refractivity (Wildman–Crippen MR) is 76.2 cm³/mol. The van der Waals surface area contributed by atoms with Crippen molar-refractivity contribution < 1.29 is 4.79 Å². The maximum Gasteiger partial charge on any atom is 0.255 e. The van der Waals surface area contributed by atoms with Crippen molar-refractivity contribution in [3.8, 4) is 0 Å². The van der Waals surface area contributed by atoms with Gasteiger partial charge in [0.15, 0.2) is 0 Å². The maximum absolute atomic E-state index is 12.0. The monoisotopic (exact) mass is 275 g/mol. The number of amides is 1. The highest BCUT2D eigenvalue weighted by Gasteiger charge is 2.08. The fourth-order valence-corrected chi connectivity index (χ4v) is 1.82. The van der Waals surface area contributed by atoms with Gasteiger partial charge in [-0.2, -0.15) is 0 Å². The molecule has 2 aromatic rings. The van der Waals surface area contributed by atoms with Crippen LogP contribution in [0.15, 0.2) is 42.5 Å². The lowest BCUT2D eigenvalue weighted by molar-refractivity contribution is 0.102. The molecule has 0 bridgehead atoms. The molecule has 0 heterocycles. The normalized spacial score (nSPS) is 10.1. The second-order valence-corrected chi connectivity index (χ2v) is 4.57. The first-order chi connectivity index (χ1) is 8.56. The van der Waals surface area contributed by atoms with Crippen LogP contribution in [0.5, 0.6) is 0 Å². The maximum atomic E-state index is 12.0. The molecule has 0 aliphatic rings. The molecule has 88 valence electrons. The third-order valence-corrected chi connectivity index (χ3v) is 2.82. The van der Waals surface area contributed by atoms with E-state index in [4.69, 9.17) is 31.0 Å². The Morgan fingerprint density at radius 3 is 2.50 bits per heavy atom. The lowest BCUT2D eigenvalue weighted by atomic mass is 9.94. The molecule has 0 unspecified atom stereocenters. The summed E-state index contributed by atoms with van der Waals surface area (Å²) in [5, 5.41) is 3.69. The molecule has 1 N–H and O–H groups in total. The van der Waals surface area contributed by atoms with Crippen LogP contribution in [0, 0.1) is 0 Å². The first-order valence-electron chi connectivity index (χ1n) is 5.18. The van der Waals surface area contributed by atoms with Gasteiger partial charge < -0.3 is 5.32 Å². The van der Waals surface area contributed by atoms with Gasteiger partial charge in [0, 0.05) is 21.3 Å². The van der Waals surface area contributed by atoms with Crippen LogP contribution < -0.4 is 10.8 Å². The fraction of sp³-hybridized carbons (Fsp3) is 0. The van der Waals surface area contributed by atoms with Gasteiger partial charge in [0.05, 0.1) is 0 Å². The van der Waals surface area contributed by atoms with Crippen LogP contribution in [0.2, 0.25) is 10.0 Å². The predicted octanol–water partition coefficient (Wildman–Crippen LogP) is 3.04. The van der Waals surface area contributed by atoms with E-state index in [1.54, 1.807) is 42.5 Å². The summed E-state index contributed by atoms with van der Waals surface area (Å²) in [4.78, 5) is 12.0. The number of hydrogen-bond donors (Lipinski definition) is 1. The Balaban J connectivity index is 2.24. The third-order valence-electron chi connectivity index (χ3n) is 2.35. The van der Waals surface area contributed by atoms with Crippen LogP contribution in [0.3, 0.4) is 0 Å². The molecule has 2 radical (unpaired) electrons. The highest BCUT2D eigenvalue weighted by Crippen LogP contribution is 2.15. The summed E-state index contributed by atoms with van der Waals surface area (Å²) in [6, 6.07) is 11.5. The van der Waals surface area contributed by atoms with Crippen LogP contribution >= 0.6 is 23.2 Å². The lowest BCUT2D eigenvalue weighted by Gasteiger charge is -2.09. The average molecular weight is 276 g/mol. The molecular weight excluding hydrogens is 268 g/mol. The molecule has 0 saturated carbocycles. The Bertz CT molecular complexity index is 601. The highest BCUT2D eigenvalue weighted by molar-refractivity contribution is 6.38. The summed E-state index contributed by atoms with van der Waals surface area (Å²) in [6.07, 6.45) is 0. The first-order valence-corrected chi connectivity index (χ1v) is 5.94. The van der Waals surface area contributed by atoms with Gasteiger partial charge in [0.25, 0.3) is 5.91 Å². The molecule has 0 saturated heterocycles. The quantitative estimate of drug-likeness (QED) is 0.839. The van der Waals surface area contributed by atoms with Crippen LogP contribution in [0.25, 0.3) is 0 Å². The Labute approximate surface area is 116 Å². The van der Waals surface area contributed by atoms with Crippen molar-refractivity contribution in [2.75, 3.05) is 5.32 Å². The van der Waals surface area contributed by atoms with E-state index in [0.717, 1.165) is 0 Å². The van der Waals surface area contributed by atoms with Gasteiger partial charge in [0.2, 0.25) is 0 Å². The van der Waals surface area contributed by atoms with E-state index in [-0.39, 0.29) is 5.91 Å². The number of carbonyl (C=O) groups is 1.